The standard InChI is InChI=1S/C12H15N3OS2/c1-7-8(2)18-12-10(7)11(14-6-15-12)17-5-4-13-9(3)16/h6H,4-5H2,1-3H3,(H,13,16). The van der Waals surface area contributed by atoms with Gasteiger partial charge in [-0.3, -0.25) is 4.79 Å². The van der Waals surface area contributed by atoms with Crippen molar-refractivity contribution in [1.29, 1.82) is 0 Å². The molecule has 0 saturated carbocycles. The molecule has 2 aromatic rings. The van der Waals surface area contributed by atoms with E-state index < -0.39 is 0 Å². The van der Waals surface area contributed by atoms with Gasteiger partial charge in [0, 0.05) is 29.5 Å². The number of aryl methyl sites for hydroxylation is 2. The summed E-state index contributed by atoms with van der Waals surface area (Å²) in [6.07, 6.45) is 1.61. The molecule has 0 atom stereocenters. The van der Waals surface area contributed by atoms with Crippen molar-refractivity contribution >= 4 is 39.2 Å². The molecule has 18 heavy (non-hydrogen) atoms. The molecular weight excluding hydrogens is 266 g/mol. The van der Waals surface area contributed by atoms with Crippen LogP contribution in [0.4, 0.5) is 0 Å². The first kappa shape index (κ1) is 13.3. The molecule has 1 N–H and O–H groups in total. The Kier molecular flexibility index (Phi) is 4.19. The summed E-state index contributed by atoms with van der Waals surface area (Å²) >= 11 is 3.36. The molecule has 0 spiro atoms. The Morgan fingerprint density at radius 3 is 2.94 bits per heavy atom. The number of carbonyl (C=O) groups excluding carboxylic acids is 1. The number of hydrogen-bond acceptors (Lipinski definition) is 5. The van der Waals surface area contributed by atoms with Crippen LogP contribution in [0.1, 0.15) is 17.4 Å². The minimum absolute atomic E-state index is 0.00555. The molecule has 96 valence electrons. The van der Waals surface area contributed by atoms with Gasteiger partial charge >= 0.3 is 0 Å². The summed E-state index contributed by atoms with van der Waals surface area (Å²) in [4.78, 5) is 21.8. The number of nitrogens with one attached hydrogen (secondary N) is 1. The number of carbonyl (C=O) groups is 1. The highest BCUT2D eigenvalue weighted by molar-refractivity contribution is 7.99. The number of aromatic nitrogens is 2. The summed E-state index contributed by atoms with van der Waals surface area (Å²) in [5.41, 5.74) is 1.26. The van der Waals surface area contributed by atoms with Gasteiger partial charge in [-0.15, -0.1) is 23.1 Å². The minimum Gasteiger partial charge on any atom is -0.356 e. The van der Waals surface area contributed by atoms with Crippen molar-refractivity contribution in [1.82, 2.24) is 15.3 Å². The molecule has 0 aliphatic heterocycles. The topological polar surface area (TPSA) is 54.9 Å². The van der Waals surface area contributed by atoms with Crippen molar-refractivity contribution in [2.45, 2.75) is 25.8 Å². The average molecular weight is 281 g/mol. The van der Waals surface area contributed by atoms with E-state index in [1.165, 1.54) is 17.4 Å². The fourth-order valence-corrected chi connectivity index (χ4v) is 3.61. The van der Waals surface area contributed by atoms with Gasteiger partial charge in [-0.2, -0.15) is 0 Å². The largest absolute Gasteiger partial charge is 0.356 e. The van der Waals surface area contributed by atoms with E-state index in [1.807, 2.05) is 0 Å². The third-order valence-corrected chi connectivity index (χ3v) is 4.75. The van der Waals surface area contributed by atoms with E-state index in [9.17, 15) is 4.79 Å². The fraction of sp³-hybridized carbons (Fsp3) is 0.417. The number of thiophene rings is 1. The van der Waals surface area contributed by atoms with E-state index in [2.05, 4.69) is 29.1 Å². The van der Waals surface area contributed by atoms with Crippen molar-refractivity contribution in [2.24, 2.45) is 0 Å². The first-order valence-electron chi connectivity index (χ1n) is 5.67. The highest BCUT2D eigenvalue weighted by Gasteiger charge is 2.11. The van der Waals surface area contributed by atoms with Gasteiger partial charge in [-0.25, -0.2) is 9.97 Å². The molecule has 2 rings (SSSR count). The smallest absolute Gasteiger partial charge is 0.216 e. The second-order valence-corrected chi connectivity index (χ2v) is 6.26. The van der Waals surface area contributed by atoms with Crippen molar-refractivity contribution < 1.29 is 4.79 Å². The molecule has 2 aromatic heterocycles. The predicted molar refractivity (Wildman–Crippen MR) is 76.3 cm³/mol. The zero-order chi connectivity index (χ0) is 13.1. The Morgan fingerprint density at radius 1 is 1.44 bits per heavy atom. The van der Waals surface area contributed by atoms with Gasteiger partial charge in [0.1, 0.15) is 16.2 Å². The van der Waals surface area contributed by atoms with E-state index in [0.717, 1.165) is 21.0 Å². The maximum atomic E-state index is 10.8. The van der Waals surface area contributed by atoms with Crippen LogP contribution >= 0.6 is 23.1 Å². The van der Waals surface area contributed by atoms with Crippen molar-refractivity contribution in [2.75, 3.05) is 12.3 Å². The van der Waals surface area contributed by atoms with Crippen LogP contribution in [-0.2, 0) is 4.79 Å². The van der Waals surface area contributed by atoms with E-state index >= 15 is 0 Å². The molecule has 0 radical (unpaired) electrons. The lowest BCUT2D eigenvalue weighted by Gasteiger charge is -2.03. The second kappa shape index (κ2) is 5.67. The third-order valence-electron chi connectivity index (χ3n) is 2.65. The Bertz CT molecular complexity index is 580. The summed E-state index contributed by atoms with van der Waals surface area (Å²) < 4.78 is 0. The lowest BCUT2D eigenvalue weighted by molar-refractivity contribution is -0.118. The zero-order valence-electron chi connectivity index (χ0n) is 10.6. The summed E-state index contributed by atoms with van der Waals surface area (Å²) in [7, 11) is 0. The number of rotatable bonds is 4. The Labute approximate surface area is 114 Å². The van der Waals surface area contributed by atoms with Crippen molar-refractivity contribution in [3.63, 3.8) is 0 Å². The SMILES string of the molecule is CC(=O)NCCSc1ncnc2sc(C)c(C)c12. The summed E-state index contributed by atoms with van der Waals surface area (Å²) in [6.45, 7) is 6.40. The van der Waals surface area contributed by atoms with Crippen molar-refractivity contribution in [3.05, 3.63) is 16.8 Å². The quantitative estimate of drug-likeness (QED) is 0.531. The van der Waals surface area contributed by atoms with Crippen LogP contribution in [0.25, 0.3) is 10.2 Å². The monoisotopic (exact) mass is 281 g/mol. The van der Waals surface area contributed by atoms with Crippen LogP contribution in [0.2, 0.25) is 0 Å². The van der Waals surface area contributed by atoms with Gasteiger partial charge in [0.05, 0.1) is 0 Å². The molecule has 0 saturated heterocycles. The van der Waals surface area contributed by atoms with Gasteiger partial charge in [0.25, 0.3) is 0 Å². The molecule has 0 fully saturated rings. The first-order chi connectivity index (χ1) is 8.59. The van der Waals surface area contributed by atoms with Crippen LogP contribution in [0, 0.1) is 13.8 Å². The van der Waals surface area contributed by atoms with E-state index in [0.29, 0.717) is 6.54 Å². The summed E-state index contributed by atoms with van der Waals surface area (Å²) in [5, 5.41) is 4.95. The summed E-state index contributed by atoms with van der Waals surface area (Å²) in [6, 6.07) is 0. The third kappa shape index (κ3) is 2.81. The lowest BCUT2D eigenvalue weighted by Crippen LogP contribution is -2.22. The highest BCUT2D eigenvalue weighted by Crippen LogP contribution is 2.34. The van der Waals surface area contributed by atoms with Crippen LogP contribution in [0.15, 0.2) is 11.4 Å². The van der Waals surface area contributed by atoms with Gasteiger partial charge in [-0.05, 0) is 19.4 Å². The van der Waals surface area contributed by atoms with E-state index in [4.69, 9.17) is 0 Å². The zero-order valence-corrected chi connectivity index (χ0v) is 12.2. The normalized spacial score (nSPS) is 10.8. The van der Waals surface area contributed by atoms with Crippen LogP contribution < -0.4 is 5.32 Å². The molecule has 0 bridgehead atoms. The first-order valence-corrected chi connectivity index (χ1v) is 7.47. The molecule has 4 nitrogen and oxygen atoms in total. The van der Waals surface area contributed by atoms with Crippen molar-refractivity contribution in [3.8, 4) is 0 Å². The number of fused-ring (bicyclic) bond motifs is 1. The molecule has 2 heterocycles. The molecule has 0 aromatic carbocycles. The Morgan fingerprint density at radius 2 is 2.22 bits per heavy atom. The van der Waals surface area contributed by atoms with Gasteiger partial charge in [0.2, 0.25) is 5.91 Å². The maximum absolute atomic E-state index is 10.8. The second-order valence-electron chi connectivity index (χ2n) is 3.97. The Hall–Kier alpha value is -1.14. The van der Waals surface area contributed by atoms with Crippen LogP contribution in [-0.4, -0.2) is 28.2 Å². The number of hydrogen-bond donors (Lipinski definition) is 1. The molecule has 0 aliphatic rings. The number of amides is 1. The van der Waals surface area contributed by atoms with E-state index in [-0.39, 0.29) is 5.91 Å². The fourth-order valence-electron chi connectivity index (χ4n) is 1.63. The van der Waals surface area contributed by atoms with Crippen LogP contribution in [0.5, 0.6) is 0 Å². The maximum Gasteiger partial charge on any atom is 0.216 e. The average Bonchev–Trinajstić information content (AvgIpc) is 2.61. The van der Waals surface area contributed by atoms with Gasteiger partial charge in [-0.1, -0.05) is 0 Å². The van der Waals surface area contributed by atoms with Gasteiger partial charge < -0.3 is 5.32 Å². The number of nitrogens with zero attached hydrogens (tertiary/aromatic N) is 2. The Balaban J connectivity index is 2.15. The molecule has 6 heteroatoms. The van der Waals surface area contributed by atoms with Gasteiger partial charge in [0.15, 0.2) is 0 Å². The molecule has 0 aliphatic carbocycles. The summed E-state index contributed by atoms with van der Waals surface area (Å²) in [5.74, 6) is 0.825. The minimum atomic E-state index is 0.00555. The van der Waals surface area contributed by atoms with E-state index in [1.54, 1.807) is 29.4 Å². The van der Waals surface area contributed by atoms with Crippen LogP contribution in [0.3, 0.4) is 0 Å². The lowest BCUT2D eigenvalue weighted by atomic mass is 10.2. The molecule has 0 unspecified atom stereocenters. The molecular formula is C12H15N3OS2. The highest BCUT2D eigenvalue weighted by atomic mass is 32.2. The molecule has 1 amide bonds. The predicted octanol–water partition coefficient (Wildman–Crippen LogP) is 2.54. The number of thioether (sulfide) groups is 1.